The molecule has 4 nitrogen and oxygen atoms in total. The number of nitrogens with zero attached hydrogens (tertiary/aromatic N) is 1. The van der Waals surface area contributed by atoms with Crippen LogP contribution >= 0.6 is 11.6 Å². The minimum atomic E-state index is -0.377. The van der Waals surface area contributed by atoms with E-state index in [0.29, 0.717) is 21.8 Å². The number of rotatable bonds is 4. The average molecular weight is 431 g/mol. The van der Waals surface area contributed by atoms with Gasteiger partial charge in [0.2, 0.25) is 0 Å². The second-order valence-electron chi connectivity index (χ2n) is 7.91. The molecular formula is C26H23ClN2O2. The topological polar surface area (TPSA) is 49.4 Å². The van der Waals surface area contributed by atoms with Crippen LogP contribution in [0.5, 0.6) is 0 Å². The van der Waals surface area contributed by atoms with Crippen LogP contribution in [-0.4, -0.2) is 11.8 Å². The number of amides is 2. The van der Waals surface area contributed by atoms with Gasteiger partial charge in [-0.2, -0.15) is 0 Å². The lowest BCUT2D eigenvalue weighted by molar-refractivity contribution is -0.120. The van der Waals surface area contributed by atoms with Crippen molar-refractivity contribution in [3.63, 3.8) is 0 Å². The van der Waals surface area contributed by atoms with Crippen LogP contribution in [0.3, 0.4) is 0 Å². The summed E-state index contributed by atoms with van der Waals surface area (Å²) in [6.07, 6.45) is 0. The summed E-state index contributed by atoms with van der Waals surface area (Å²) in [6.45, 7) is 7.95. The Morgan fingerprint density at radius 1 is 0.742 bits per heavy atom. The third-order valence-electron chi connectivity index (χ3n) is 5.61. The molecule has 156 valence electrons. The summed E-state index contributed by atoms with van der Waals surface area (Å²) in [5, 5.41) is 3.81. The number of carbonyl (C=O) groups excluding carboxylic acids is 2. The molecule has 0 bridgehead atoms. The van der Waals surface area contributed by atoms with Crippen LogP contribution in [0.15, 0.2) is 66.4 Å². The van der Waals surface area contributed by atoms with Gasteiger partial charge in [-0.05, 0) is 80.3 Å². The van der Waals surface area contributed by atoms with Crippen LogP contribution in [0, 0.1) is 27.7 Å². The molecule has 1 aliphatic rings. The van der Waals surface area contributed by atoms with Gasteiger partial charge in [0.25, 0.3) is 11.8 Å². The Hall–Kier alpha value is -3.37. The van der Waals surface area contributed by atoms with Crippen molar-refractivity contribution in [3.05, 3.63) is 99.2 Å². The molecule has 5 heteroatoms. The van der Waals surface area contributed by atoms with Gasteiger partial charge in [0, 0.05) is 10.7 Å². The van der Waals surface area contributed by atoms with E-state index in [-0.39, 0.29) is 17.5 Å². The van der Waals surface area contributed by atoms with E-state index in [1.54, 1.807) is 30.3 Å². The largest absolute Gasteiger partial charge is 0.350 e. The fourth-order valence-electron chi connectivity index (χ4n) is 3.72. The highest BCUT2D eigenvalue weighted by Gasteiger charge is 2.40. The van der Waals surface area contributed by atoms with Crippen molar-refractivity contribution in [2.24, 2.45) is 0 Å². The Morgan fingerprint density at radius 3 is 2.10 bits per heavy atom. The number of halogens is 1. The van der Waals surface area contributed by atoms with Crippen molar-refractivity contribution in [3.8, 4) is 0 Å². The number of nitrogens with one attached hydrogen (secondary N) is 1. The minimum absolute atomic E-state index is 0.262. The Balaban J connectivity index is 1.84. The van der Waals surface area contributed by atoms with E-state index in [0.717, 1.165) is 27.9 Å². The molecular weight excluding hydrogens is 408 g/mol. The van der Waals surface area contributed by atoms with Gasteiger partial charge in [-0.25, -0.2) is 4.90 Å². The first-order valence-corrected chi connectivity index (χ1v) is 10.4. The van der Waals surface area contributed by atoms with Crippen LogP contribution in [0.25, 0.3) is 5.57 Å². The zero-order valence-electron chi connectivity index (χ0n) is 17.9. The van der Waals surface area contributed by atoms with Crippen LogP contribution < -0.4 is 10.2 Å². The lowest BCUT2D eigenvalue weighted by Gasteiger charge is -2.17. The SMILES string of the molecule is Cc1ccc(NC2=C(c3ccc(Cl)cc3)C(=O)N(c3ccc(C)c(C)c3)C2=O)c(C)c1. The summed E-state index contributed by atoms with van der Waals surface area (Å²) >= 11 is 6.05. The van der Waals surface area contributed by atoms with Crippen LogP contribution in [-0.2, 0) is 9.59 Å². The number of carbonyl (C=O) groups is 2. The second-order valence-corrected chi connectivity index (χ2v) is 8.35. The van der Waals surface area contributed by atoms with Gasteiger partial charge < -0.3 is 5.32 Å². The molecule has 1 heterocycles. The lowest BCUT2D eigenvalue weighted by Crippen LogP contribution is -2.32. The van der Waals surface area contributed by atoms with Gasteiger partial charge in [-0.1, -0.05) is 47.5 Å². The van der Waals surface area contributed by atoms with E-state index in [1.807, 2.05) is 58.0 Å². The van der Waals surface area contributed by atoms with Gasteiger partial charge in [0.05, 0.1) is 11.3 Å². The van der Waals surface area contributed by atoms with E-state index in [4.69, 9.17) is 11.6 Å². The molecule has 1 N–H and O–H groups in total. The molecule has 0 aliphatic carbocycles. The van der Waals surface area contributed by atoms with Crippen molar-refractivity contribution < 1.29 is 9.59 Å². The summed E-state index contributed by atoms with van der Waals surface area (Å²) < 4.78 is 0. The molecule has 0 saturated heterocycles. The molecule has 0 fully saturated rings. The molecule has 1 aliphatic heterocycles. The molecule has 0 aromatic heterocycles. The van der Waals surface area contributed by atoms with Gasteiger partial charge in [-0.15, -0.1) is 0 Å². The van der Waals surface area contributed by atoms with Crippen molar-refractivity contribution in [2.45, 2.75) is 27.7 Å². The third kappa shape index (κ3) is 3.87. The molecule has 3 aromatic carbocycles. The summed E-state index contributed by atoms with van der Waals surface area (Å²) in [7, 11) is 0. The highest BCUT2D eigenvalue weighted by atomic mass is 35.5. The van der Waals surface area contributed by atoms with Crippen molar-refractivity contribution in [1.82, 2.24) is 0 Å². The summed E-state index contributed by atoms with van der Waals surface area (Å²) in [5.41, 5.74) is 6.81. The van der Waals surface area contributed by atoms with Gasteiger partial charge in [0.1, 0.15) is 5.70 Å². The van der Waals surface area contributed by atoms with E-state index >= 15 is 0 Å². The first-order chi connectivity index (χ1) is 14.8. The van der Waals surface area contributed by atoms with E-state index in [1.165, 1.54) is 4.90 Å². The predicted octanol–water partition coefficient (Wildman–Crippen LogP) is 5.97. The van der Waals surface area contributed by atoms with E-state index < -0.39 is 0 Å². The molecule has 0 spiro atoms. The molecule has 0 unspecified atom stereocenters. The first kappa shape index (κ1) is 20.9. The molecule has 0 saturated carbocycles. The highest BCUT2D eigenvalue weighted by Crippen LogP contribution is 2.35. The average Bonchev–Trinajstić information content (AvgIpc) is 2.97. The number of anilines is 2. The molecule has 3 aromatic rings. The maximum absolute atomic E-state index is 13.5. The second kappa shape index (κ2) is 8.05. The highest BCUT2D eigenvalue weighted by molar-refractivity contribution is 6.46. The fourth-order valence-corrected chi connectivity index (χ4v) is 3.84. The third-order valence-corrected chi connectivity index (χ3v) is 5.86. The van der Waals surface area contributed by atoms with Crippen LogP contribution in [0.4, 0.5) is 11.4 Å². The maximum atomic E-state index is 13.5. The Labute approximate surface area is 187 Å². The number of benzene rings is 3. The smallest absolute Gasteiger partial charge is 0.282 e. The monoisotopic (exact) mass is 430 g/mol. The minimum Gasteiger partial charge on any atom is -0.350 e. The number of imide groups is 1. The Bertz CT molecular complexity index is 1240. The van der Waals surface area contributed by atoms with E-state index in [2.05, 4.69) is 5.32 Å². The molecule has 0 radical (unpaired) electrons. The number of hydrogen-bond acceptors (Lipinski definition) is 3. The van der Waals surface area contributed by atoms with Crippen molar-refractivity contribution in [1.29, 1.82) is 0 Å². The molecule has 0 atom stereocenters. The predicted molar refractivity (Wildman–Crippen MR) is 126 cm³/mol. The Morgan fingerprint density at radius 2 is 1.45 bits per heavy atom. The van der Waals surface area contributed by atoms with Crippen molar-refractivity contribution in [2.75, 3.05) is 10.2 Å². The first-order valence-electron chi connectivity index (χ1n) is 10.1. The summed E-state index contributed by atoms with van der Waals surface area (Å²) in [4.78, 5) is 28.3. The lowest BCUT2D eigenvalue weighted by atomic mass is 10.0. The van der Waals surface area contributed by atoms with Gasteiger partial charge >= 0.3 is 0 Å². The quantitative estimate of drug-likeness (QED) is 0.518. The van der Waals surface area contributed by atoms with Gasteiger partial charge in [-0.3, -0.25) is 9.59 Å². The van der Waals surface area contributed by atoms with Crippen molar-refractivity contribution >= 4 is 40.4 Å². The van der Waals surface area contributed by atoms with E-state index in [9.17, 15) is 9.59 Å². The van der Waals surface area contributed by atoms with Crippen LogP contribution in [0.1, 0.15) is 27.8 Å². The molecule has 4 rings (SSSR count). The zero-order chi connectivity index (χ0) is 22.3. The molecule has 31 heavy (non-hydrogen) atoms. The normalized spacial score (nSPS) is 13.9. The fraction of sp³-hybridized carbons (Fsp3) is 0.154. The summed E-state index contributed by atoms with van der Waals surface area (Å²) in [6, 6.07) is 18.5. The number of aryl methyl sites for hydroxylation is 4. The maximum Gasteiger partial charge on any atom is 0.282 e. The standard InChI is InChI=1S/C26H23ClN2O2/c1-15-5-12-22(18(4)13-15)28-24-23(19-7-9-20(27)10-8-19)25(30)29(26(24)31)21-11-6-16(2)17(3)14-21/h5-14,28H,1-4H3. The number of hydrogen-bond donors (Lipinski definition) is 1. The zero-order valence-corrected chi connectivity index (χ0v) is 18.7. The molecule has 2 amide bonds. The Kier molecular flexibility index (Phi) is 5.42. The van der Waals surface area contributed by atoms with Crippen LogP contribution in [0.2, 0.25) is 5.02 Å². The summed E-state index contributed by atoms with van der Waals surface area (Å²) in [5.74, 6) is -0.735. The van der Waals surface area contributed by atoms with Gasteiger partial charge in [0.15, 0.2) is 0 Å².